The van der Waals surface area contributed by atoms with Crippen LogP contribution in [0, 0.1) is 0 Å². The van der Waals surface area contributed by atoms with Crippen LogP contribution >= 0.6 is 11.3 Å². The van der Waals surface area contributed by atoms with Gasteiger partial charge in [-0.1, -0.05) is 18.2 Å². The molecule has 2 amide bonds. The molecule has 2 heterocycles. The minimum atomic E-state index is -0.351. The van der Waals surface area contributed by atoms with Crippen molar-refractivity contribution in [3.8, 4) is 0 Å². The fourth-order valence-electron chi connectivity index (χ4n) is 3.31. The lowest BCUT2D eigenvalue weighted by Crippen LogP contribution is -2.46. The molecule has 0 bridgehead atoms. The van der Waals surface area contributed by atoms with Crippen LogP contribution in [-0.4, -0.2) is 55.3 Å². The van der Waals surface area contributed by atoms with E-state index < -0.39 is 0 Å². The van der Waals surface area contributed by atoms with E-state index in [0.717, 1.165) is 24.1 Å². The van der Waals surface area contributed by atoms with Crippen molar-refractivity contribution in [1.29, 1.82) is 0 Å². The standard InChI is InChI=1S/C20H25N3O2S/c1-21(2)16-10-8-15(9-11-16)14-22(3)19(24)17-6-4-12-23(17)20(25)18-7-5-13-26-18/h5,7-11,13,17H,4,6,12,14H2,1-3H3/t17-/m0/s1. The molecule has 1 aromatic carbocycles. The molecule has 1 fully saturated rings. The third kappa shape index (κ3) is 3.90. The van der Waals surface area contributed by atoms with E-state index in [1.807, 2.05) is 55.7 Å². The van der Waals surface area contributed by atoms with Gasteiger partial charge in [-0.05, 0) is 42.0 Å². The summed E-state index contributed by atoms with van der Waals surface area (Å²) in [5, 5.41) is 1.89. The van der Waals surface area contributed by atoms with Gasteiger partial charge in [-0.15, -0.1) is 11.3 Å². The van der Waals surface area contributed by atoms with Crippen LogP contribution in [0.25, 0.3) is 0 Å². The lowest BCUT2D eigenvalue weighted by molar-refractivity contribution is -0.134. The van der Waals surface area contributed by atoms with Gasteiger partial charge in [0.05, 0.1) is 4.88 Å². The summed E-state index contributed by atoms with van der Waals surface area (Å²) >= 11 is 1.43. The molecule has 1 atom stereocenters. The molecule has 6 heteroatoms. The molecule has 3 rings (SSSR count). The average molecular weight is 372 g/mol. The van der Waals surface area contributed by atoms with Crippen LogP contribution in [0.3, 0.4) is 0 Å². The number of thiophene rings is 1. The highest BCUT2D eigenvalue weighted by Gasteiger charge is 2.36. The smallest absolute Gasteiger partial charge is 0.264 e. The van der Waals surface area contributed by atoms with Crippen molar-refractivity contribution < 1.29 is 9.59 Å². The molecular weight excluding hydrogens is 346 g/mol. The molecule has 0 N–H and O–H groups in total. The largest absolute Gasteiger partial charge is 0.378 e. The second kappa shape index (κ2) is 7.91. The van der Waals surface area contributed by atoms with E-state index in [2.05, 4.69) is 12.1 Å². The fraction of sp³-hybridized carbons (Fsp3) is 0.400. The van der Waals surface area contributed by atoms with E-state index in [1.165, 1.54) is 11.3 Å². The molecule has 1 saturated heterocycles. The van der Waals surface area contributed by atoms with Gasteiger partial charge in [0.1, 0.15) is 6.04 Å². The summed E-state index contributed by atoms with van der Waals surface area (Å²) in [4.78, 5) is 31.8. The van der Waals surface area contributed by atoms with Crippen LogP contribution in [0.4, 0.5) is 5.69 Å². The number of nitrogens with zero attached hydrogens (tertiary/aromatic N) is 3. The lowest BCUT2D eigenvalue weighted by Gasteiger charge is -2.28. The molecule has 1 aliphatic heterocycles. The van der Waals surface area contributed by atoms with Crippen molar-refractivity contribution >= 4 is 28.8 Å². The van der Waals surface area contributed by atoms with Gasteiger partial charge in [0.2, 0.25) is 5.91 Å². The Morgan fingerprint density at radius 3 is 2.50 bits per heavy atom. The van der Waals surface area contributed by atoms with Gasteiger partial charge in [0.25, 0.3) is 5.91 Å². The zero-order chi connectivity index (χ0) is 18.7. The first-order valence-corrected chi connectivity index (χ1v) is 9.71. The maximum absolute atomic E-state index is 12.9. The Bertz CT molecular complexity index is 756. The van der Waals surface area contributed by atoms with Crippen LogP contribution in [0.5, 0.6) is 0 Å². The van der Waals surface area contributed by atoms with E-state index in [4.69, 9.17) is 0 Å². The Morgan fingerprint density at radius 2 is 1.88 bits per heavy atom. The van der Waals surface area contributed by atoms with E-state index in [9.17, 15) is 9.59 Å². The van der Waals surface area contributed by atoms with E-state index in [-0.39, 0.29) is 17.9 Å². The van der Waals surface area contributed by atoms with E-state index in [1.54, 1.807) is 9.80 Å². The molecular formula is C20H25N3O2S. The fourth-order valence-corrected chi connectivity index (χ4v) is 3.99. The molecule has 2 aromatic rings. The molecule has 0 unspecified atom stereocenters. The zero-order valence-electron chi connectivity index (χ0n) is 15.5. The van der Waals surface area contributed by atoms with Crippen LogP contribution < -0.4 is 4.90 Å². The van der Waals surface area contributed by atoms with Crippen LogP contribution in [0.1, 0.15) is 28.1 Å². The molecule has 0 radical (unpaired) electrons. The maximum Gasteiger partial charge on any atom is 0.264 e. The van der Waals surface area contributed by atoms with Gasteiger partial charge < -0.3 is 14.7 Å². The molecule has 0 saturated carbocycles. The number of amides is 2. The number of carbonyl (C=O) groups excluding carboxylic acids is 2. The highest BCUT2D eigenvalue weighted by Crippen LogP contribution is 2.24. The van der Waals surface area contributed by atoms with Crippen LogP contribution in [0.15, 0.2) is 41.8 Å². The summed E-state index contributed by atoms with van der Waals surface area (Å²) < 4.78 is 0. The Balaban J connectivity index is 1.66. The molecule has 0 aliphatic carbocycles. The second-order valence-electron chi connectivity index (χ2n) is 6.89. The number of rotatable bonds is 5. The number of hydrogen-bond donors (Lipinski definition) is 0. The minimum Gasteiger partial charge on any atom is -0.378 e. The summed E-state index contributed by atoms with van der Waals surface area (Å²) in [6, 6.07) is 11.5. The van der Waals surface area contributed by atoms with E-state index >= 15 is 0 Å². The van der Waals surface area contributed by atoms with Gasteiger partial charge in [-0.2, -0.15) is 0 Å². The van der Waals surface area contributed by atoms with Crippen molar-refractivity contribution in [2.24, 2.45) is 0 Å². The van der Waals surface area contributed by atoms with Gasteiger partial charge in [-0.3, -0.25) is 9.59 Å². The Morgan fingerprint density at radius 1 is 1.15 bits per heavy atom. The average Bonchev–Trinajstić information content (AvgIpc) is 3.32. The summed E-state index contributed by atoms with van der Waals surface area (Å²) in [6.45, 7) is 1.20. The number of benzene rings is 1. The van der Waals surface area contributed by atoms with E-state index in [0.29, 0.717) is 18.0 Å². The zero-order valence-corrected chi connectivity index (χ0v) is 16.3. The summed E-state index contributed by atoms with van der Waals surface area (Å²) in [5.41, 5.74) is 2.21. The molecule has 0 spiro atoms. The molecule has 1 aliphatic rings. The minimum absolute atomic E-state index is 0.0177. The number of carbonyl (C=O) groups is 2. The van der Waals surface area contributed by atoms with Gasteiger partial charge in [0, 0.05) is 39.9 Å². The summed E-state index contributed by atoms with van der Waals surface area (Å²) in [6.07, 6.45) is 1.61. The number of likely N-dealkylation sites (N-methyl/N-ethyl adjacent to an activating group) is 1. The third-order valence-corrected chi connectivity index (χ3v) is 5.64. The second-order valence-corrected chi connectivity index (χ2v) is 7.84. The lowest BCUT2D eigenvalue weighted by atomic mass is 10.1. The van der Waals surface area contributed by atoms with Crippen molar-refractivity contribution in [3.05, 3.63) is 52.2 Å². The summed E-state index contributed by atoms with van der Waals surface area (Å²) in [5.74, 6) is -0.0105. The van der Waals surface area contributed by atoms with Gasteiger partial charge in [-0.25, -0.2) is 0 Å². The predicted molar refractivity (Wildman–Crippen MR) is 106 cm³/mol. The molecule has 26 heavy (non-hydrogen) atoms. The van der Waals surface area contributed by atoms with Crippen molar-refractivity contribution in [1.82, 2.24) is 9.80 Å². The first-order valence-electron chi connectivity index (χ1n) is 8.83. The monoisotopic (exact) mass is 371 g/mol. The molecule has 5 nitrogen and oxygen atoms in total. The Labute approximate surface area is 158 Å². The Hall–Kier alpha value is -2.34. The van der Waals surface area contributed by atoms with Gasteiger partial charge >= 0.3 is 0 Å². The van der Waals surface area contributed by atoms with Crippen LogP contribution in [-0.2, 0) is 11.3 Å². The van der Waals surface area contributed by atoms with Crippen molar-refractivity contribution in [2.75, 3.05) is 32.6 Å². The normalized spacial score (nSPS) is 16.6. The SMILES string of the molecule is CN(Cc1ccc(N(C)C)cc1)C(=O)[C@@H]1CCCN1C(=O)c1cccs1. The van der Waals surface area contributed by atoms with Crippen molar-refractivity contribution in [3.63, 3.8) is 0 Å². The highest BCUT2D eigenvalue weighted by atomic mass is 32.1. The topological polar surface area (TPSA) is 43.9 Å². The van der Waals surface area contributed by atoms with Gasteiger partial charge in [0.15, 0.2) is 0 Å². The number of likely N-dealkylation sites (tertiary alicyclic amines) is 1. The number of anilines is 1. The number of hydrogen-bond acceptors (Lipinski definition) is 4. The van der Waals surface area contributed by atoms with Crippen LogP contribution in [0.2, 0.25) is 0 Å². The highest BCUT2D eigenvalue weighted by molar-refractivity contribution is 7.12. The quantitative estimate of drug-likeness (QED) is 0.811. The first kappa shape index (κ1) is 18.5. The third-order valence-electron chi connectivity index (χ3n) is 4.78. The molecule has 1 aromatic heterocycles. The molecule has 138 valence electrons. The summed E-state index contributed by atoms with van der Waals surface area (Å²) in [7, 11) is 5.82. The Kier molecular flexibility index (Phi) is 5.61. The predicted octanol–water partition coefficient (Wildman–Crippen LogP) is 3.08. The van der Waals surface area contributed by atoms with Crippen molar-refractivity contribution in [2.45, 2.75) is 25.4 Å². The first-order chi connectivity index (χ1) is 12.5. The maximum atomic E-state index is 12.9.